The molecule has 7 heteroatoms. The fraction of sp³-hybridized carbons (Fsp3) is 0.750. The SMILES string of the molecule is O=C1NC(C(=O)N2CC3CCCC3C2C(=O)O)CS1. The molecule has 6 nitrogen and oxygen atoms in total. The summed E-state index contributed by atoms with van der Waals surface area (Å²) in [6.07, 6.45) is 2.94. The zero-order chi connectivity index (χ0) is 13.6. The molecule has 0 aromatic rings. The molecule has 104 valence electrons. The number of carbonyl (C=O) groups is 3. The van der Waals surface area contributed by atoms with E-state index in [-0.39, 0.29) is 17.1 Å². The highest BCUT2D eigenvalue weighted by Gasteiger charge is 2.51. The van der Waals surface area contributed by atoms with E-state index >= 15 is 0 Å². The van der Waals surface area contributed by atoms with E-state index < -0.39 is 18.1 Å². The molecule has 4 unspecified atom stereocenters. The van der Waals surface area contributed by atoms with E-state index in [0.29, 0.717) is 18.2 Å². The Morgan fingerprint density at radius 2 is 2.16 bits per heavy atom. The van der Waals surface area contributed by atoms with E-state index in [0.717, 1.165) is 31.0 Å². The third-order valence-electron chi connectivity index (χ3n) is 4.40. The van der Waals surface area contributed by atoms with Crippen molar-refractivity contribution in [1.29, 1.82) is 0 Å². The molecule has 3 rings (SSSR count). The smallest absolute Gasteiger partial charge is 0.326 e. The van der Waals surface area contributed by atoms with Gasteiger partial charge in [0.15, 0.2) is 0 Å². The Hall–Kier alpha value is -1.24. The van der Waals surface area contributed by atoms with Gasteiger partial charge in [0.1, 0.15) is 12.1 Å². The Kier molecular flexibility index (Phi) is 3.16. The molecule has 2 amide bonds. The Labute approximate surface area is 114 Å². The number of carbonyl (C=O) groups excluding carboxylic acids is 2. The van der Waals surface area contributed by atoms with E-state index in [1.807, 2.05) is 0 Å². The number of amides is 2. The molecule has 3 aliphatic rings. The quantitative estimate of drug-likeness (QED) is 0.772. The fourth-order valence-electron chi connectivity index (χ4n) is 3.57. The summed E-state index contributed by atoms with van der Waals surface area (Å²) in [6.45, 7) is 0.525. The van der Waals surface area contributed by atoms with Gasteiger partial charge in [-0.05, 0) is 24.7 Å². The average molecular weight is 284 g/mol. The largest absolute Gasteiger partial charge is 0.480 e. The molecular formula is C12H16N2O4S. The van der Waals surface area contributed by atoms with Gasteiger partial charge in [0, 0.05) is 12.3 Å². The number of carboxylic acid groups (broad SMARTS) is 1. The number of nitrogens with one attached hydrogen (secondary N) is 1. The summed E-state index contributed by atoms with van der Waals surface area (Å²) in [5, 5.41) is 11.8. The van der Waals surface area contributed by atoms with Crippen LogP contribution >= 0.6 is 11.8 Å². The van der Waals surface area contributed by atoms with Crippen LogP contribution in [0.1, 0.15) is 19.3 Å². The van der Waals surface area contributed by atoms with Crippen molar-refractivity contribution >= 4 is 28.9 Å². The highest BCUT2D eigenvalue weighted by Crippen LogP contribution is 2.42. The Morgan fingerprint density at radius 3 is 2.79 bits per heavy atom. The number of thioether (sulfide) groups is 1. The molecule has 3 fully saturated rings. The first-order valence-corrected chi connectivity index (χ1v) is 7.53. The van der Waals surface area contributed by atoms with Crippen molar-refractivity contribution in [2.45, 2.75) is 31.3 Å². The summed E-state index contributed by atoms with van der Waals surface area (Å²) in [7, 11) is 0. The van der Waals surface area contributed by atoms with Gasteiger partial charge in [-0.25, -0.2) is 4.79 Å². The van der Waals surface area contributed by atoms with Gasteiger partial charge in [-0.1, -0.05) is 18.2 Å². The Morgan fingerprint density at radius 1 is 1.37 bits per heavy atom. The average Bonchev–Trinajstić information content (AvgIpc) is 3.00. The summed E-state index contributed by atoms with van der Waals surface area (Å²) < 4.78 is 0. The van der Waals surface area contributed by atoms with Crippen LogP contribution in [0.15, 0.2) is 0 Å². The predicted molar refractivity (Wildman–Crippen MR) is 68.7 cm³/mol. The number of fused-ring (bicyclic) bond motifs is 1. The molecule has 1 saturated carbocycles. The van der Waals surface area contributed by atoms with E-state index in [1.54, 1.807) is 0 Å². The first-order chi connectivity index (χ1) is 9.08. The lowest BCUT2D eigenvalue weighted by atomic mass is 9.94. The van der Waals surface area contributed by atoms with Gasteiger partial charge < -0.3 is 15.3 Å². The van der Waals surface area contributed by atoms with Crippen LogP contribution in [0.3, 0.4) is 0 Å². The Balaban J connectivity index is 1.77. The van der Waals surface area contributed by atoms with Crippen LogP contribution in [0, 0.1) is 11.8 Å². The third-order valence-corrected chi connectivity index (χ3v) is 5.28. The van der Waals surface area contributed by atoms with Crippen molar-refractivity contribution in [1.82, 2.24) is 10.2 Å². The molecule has 19 heavy (non-hydrogen) atoms. The molecule has 2 saturated heterocycles. The minimum Gasteiger partial charge on any atom is -0.480 e. The van der Waals surface area contributed by atoms with Crippen molar-refractivity contribution in [3.63, 3.8) is 0 Å². The van der Waals surface area contributed by atoms with Crippen molar-refractivity contribution in [3.05, 3.63) is 0 Å². The molecule has 1 aliphatic carbocycles. The number of hydrogen-bond donors (Lipinski definition) is 2. The van der Waals surface area contributed by atoms with Crippen LogP contribution < -0.4 is 5.32 Å². The standard InChI is InChI=1S/C12H16N2O4S/c15-10(8-5-19-12(18)13-8)14-4-6-2-1-3-7(6)9(14)11(16)17/h6-9H,1-5H2,(H,13,18)(H,16,17). The minimum atomic E-state index is -0.917. The second-order valence-electron chi connectivity index (χ2n) is 5.42. The molecule has 2 aliphatic heterocycles. The van der Waals surface area contributed by atoms with Gasteiger partial charge in [0.05, 0.1) is 0 Å². The van der Waals surface area contributed by atoms with Crippen molar-refractivity contribution in [2.75, 3.05) is 12.3 Å². The summed E-state index contributed by atoms with van der Waals surface area (Å²) in [5.41, 5.74) is 0. The molecule has 0 bridgehead atoms. The number of rotatable bonds is 2. The number of likely N-dealkylation sites (tertiary alicyclic amines) is 1. The van der Waals surface area contributed by atoms with Crippen LogP contribution in [0.2, 0.25) is 0 Å². The second-order valence-corrected chi connectivity index (χ2v) is 6.42. The van der Waals surface area contributed by atoms with Crippen molar-refractivity contribution < 1.29 is 19.5 Å². The predicted octanol–water partition coefficient (Wildman–Crippen LogP) is 0.523. The molecule has 0 aromatic heterocycles. The lowest BCUT2D eigenvalue weighted by molar-refractivity contribution is -0.150. The van der Waals surface area contributed by atoms with Crippen LogP contribution in [0.25, 0.3) is 0 Å². The topological polar surface area (TPSA) is 86.7 Å². The number of carboxylic acids is 1. The normalized spacial score (nSPS) is 37.3. The maximum absolute atomic E-state index is 12.4. The monoisotopic (exact) mass is 284 g/mol. The Bertz CT molecular complexity index is 441. The van der Waals surface area contributed by atoms with Crippen molar-refractivity contribution in [2.24, 2.45) is 11.8 Å². The molecule has 2 heterocycles. The van der Waals surface area contributed by atoms with Gasteiger partial charge in [0.2, 0.25) is 5.91 Å². The van der Waals surface area contributed by atoms with Gasteiger partial charge >= 0.3 is 5.97 Å². The van der Waals surface area contributed by atoms with Gasteiger partial charge in [0.25, 0.3) is 5.24 Å². The zero-order valence-electron chi connectivity index (χ0n) is 10.4. The molecule has 4 atom stereocenters. The lowest BCUT2D eigenvalue weighted by Crippen LogP contribution is -2.51. The van der Waals surface area contributed by atoms with Crippen LogP contribution in [-0.2, 0) is 9.59 Å². The maximum atomic E-state index is 12.4. The number of nitrogens with zero attached hydrogens (tertiary/aromatic N) is 1. The molecular weight excluding hydrogens is 268 g/mol. The van der Waals surface area contributed by atoms with E-state index in [9.17, 15) is 19.5 Å². The highest BCUT2D eigenvalue weighted by atomic mass is 32.2. The minimum absolute atomic E-state index is 0.0891. The van der Waals surface area contributed by atoms with E-state index in [2.05, 4.69) is 5.32 Å². The summed E-state index contributed by atoms with van der Waals surface area (Å²) in [4.78, 5) is 36.5. The number of aliphatic carboxylic acids is 1. The van der Waals surface area contributed by atoms with Crippen LogP contribution in [-0.4, -0.2) is 51.5 Å². The highest BCUT2D eigenvalue weighted by molar-refractivity contribution is 8.14. The van der Waals surface area contributed by atoms with Crippen LogP contribution in [0.4, 0.5) is 4.79 Å². The van der Waals surface area contributed by atoms with Crippen molar-refractivity contribution in [3.8, 4) is 0 Å². The molecule has 0 spiro atoms. The molecule has 0 radical (unpaired) electrons. The first kappa shape index (κ1) is 12.8. The lowest BCUT2D eigenvalue weighted by Gasteiger charge is -2.26. The summed E-state index contributed by atoms with van der Waals surface area (Å²) in [6, 6.07) is -1.26. The maximum Gasteiger partial charge on any atom is 0.326 e. The first-order valence-electron chi connectivity index (χ1n) is 6.54. The second kappa shape index (κ2) is 4.70. The number of hydrogen-bond acceptors (Lipinski definition) is 4. The van der Waals surface area contributed by atoms with E-state index in [1.165, 1.54) is 4.90 Å². The summed E-state index contributed by atoms with van der Waals surface area (Å²) >= 11 is 1.08. The van der Waals surface area contributed by atoms with Gasteiger partial charge in [-0.3, -0.25) is 9.59 Å². The third kappa shape index (κ3) is 2.09. The van der Waals surface area contributed by atoms with Crippen LogP contribution in [0.5, 0.6) is 0 Å². The van der Waals surface area contributed by atoms with Gasteiger partial charge in [-0.2, -0.15) is 0 Å². The molecule has 0 aromatic carbocycles. The summed E-state index contributed by atoms with van der Waals surface area (Å²) in [5.74, 6) is -0.351. The zero-order valence-corrected chi connectivity index (χ0v) is 11.2. The van der Waals surface area contributed by atoms with Gasteiger partial charge in [-0.15, -0.1) is 0 Å². The molecule has 2 N–H and O–H groups in total. The van der Waals surface area contributed by atoms with E-state index in [4.69, 9.17) is 0 Å². The fourth-order valence-corrected chi connectivity index (χ4v) is 4.34.